The number of allylic oxidation sites excluding steroid dienone is 2. The fourth-order valence-electron chi connectivity index (χ4n) is 3.87. The van der Waals surface area contributed by atoms with Crippen LogP contribution in [-0.2, 0) is 0 Å². The second kappa shape index (κ2) is 6.57. The highest BCUT2D eigenvalue weighted by Crippen LogP contribution is 2.54. The van der Waals surface area contributed by atoms with Crippen LogP contribution < -0.4 is 0 Å². The summed E-state index contributed by atoms with van der Waals surface area (Å²) in [6, 6.07) is 0. The molecule has 1 saturated carbocycles. The average Bonchev–Trinajstić information content (AvgIpc) is 2.77. The van der Waals surface area contributed by atoms with Gasteiger partial charge in [-0.3, -0.25) is 0 Å². The Morgan fingerprint density at radius 1 is 1.00 bits per heavy atom. The number of rotatable bonds is 0. The Hall–Kier alpha value is 0.155. The van der Waals surface area contributed by atoms with Crippen molar-refractivity contribution < 1.29 is 0 Å². The van der Waals surface area contributed by atoms with Crippen LogP contribution in [0.25, 0.3) is 0 Å². The quantitative estimate of drug-likeness (QED) is 0.444. The molecule has 0 aromatic rings. The fourth-order valence-corrected chi connectivity index (χ4v) is 5.48. The summed E-state index contributed by atoms with van der Waals surface area (Å²) in [5, 5.41) is 0.820. The minimum absolute atomic E-state index is 0.0173. The minimum atomic E-state index is 0.0173. The molecule has 0 saturated heterocycles. The Morgan fingerprint density at radius 3 is 2.23 bits per heavy atom. The third-order valence-corrected chi connectivity index (χ3v) is 7.77. The lowest BCUT2D eigenvalue weighted by Gasteiger charge is -2.44. The fraction of sp³-hybridized carbons (Fsp3) is 0.900. The van der Waals surface area contributed by atoms with Crippen molar-refractivity contribution in [1.29, 1.82) is 0 Å². The summed E-state index contributed by atoms with van der Waals surface area (Å²) in [6.07, 6.45) is 11.6. The maximum atomic E-state index is 6.84. The first-order valence-electron chi connectivity index (χ1n) is 9.21. The molecule has 124 valence electrons. The largest absolute Gasteiger partial charge is 0.126 e. The molecule has 2 heteroatoms. The van der Waals surface area contributed by atoms with Crippen molar-refractivity contribution in [2.75, 3.05) is 0 Å². The van der Waals surface area contributed by atoms with E-state index in [0.29, 0.717) is 5.41 Å². The Kier molecular flexibility index (Phi) is 5.53. The second-order valence-electron chi connectivity index (χ2n) is 9.65. The van der Waals surface area contributed by atoms with Crippen molar-refractivity contribution in [1.82, 2.24) is 0 Å². The van der Waals surface area contributed by atoms with Gasteiger partial charge in [-0.15, -0.1) is 11.8 Å². The number of fused-ring (bicyclic) bond motifs is 1. The van der Waals surface area contributed by atoms with Gasteiger partial charge in [-0.25, -0.2) is 0 Å². The van der Waals surface area contributed by atoms with E-state index in [2.05, 4.69) is 59.4 Å². The lowest BCUT2D eigenvalue weighted by atomic mass is 9.50. The number of hydrogen-bond acceptors (Lipinski definition) is 1. The smallest absolute Gasteiger partial charge is 0.0753 e. The molecule has 2 rings (SSSR count). The van der Waals surface area contributed by atoms with E-state index < -0.39 is 0 Å². The maximum Gasteiger partial charge on any atom is 0.0753 e. The number of thioether (sulfide) groups is 1. The van der Waals surface area contributed by atoms with Crippen molar-refractivity contribution >= 4 is 19.6 Å². The van der Waals surface area contributed by atoms with E-state index in [1.54, 1.807) is 4.91 Å². The molecule has 1 aliphatic carbocycles. The Balaban J connectivity index is 2.05. The van der Waals surface area contributed by atoms with Crippen LogP contribution in [0.1, 0.15) is 86.5 Å². The molecule has 3 unspecified atom stereocenters. The van der Waals surface area contributed by atoms with Crippen LogP contribution in [0.4, 0.5) is 0 Å². The summed E-state index contributed by atoms with van der Waals surface area (Å²) in [6.45, 7) is 14.0. The Labute approximate surface area is 144 Å². The van der Waals surface area contributed by atoms with Gasteiger partial charge in [-0.05, 0) is 34.5 Å². The van der Waals surface area contributed by atoms with E-state index in [9.17, 15) is 0 Å². The van der Waals surface area contributed by atoms with Gasteiger partial charge in [0.15, 0.2) is 0 Å². The van der Waals surface area contributed by atoms with Crippen LogP contribution in [0.15, 0.2) is 11.0 Å². The molecule has 0 bridgehead atoms. The first-order chi connectivity index (χ1) is 10.0. The van der Waals surface area contributed by atoms with E-state index in [-0.39, 0.29) is 10.7 Å². The molecule has 1 aliphatic heterocycles. The first kappa shape index (κ1) is 18.5. The number of hydrogen-bond donors (Lipinski definition) is 0. The van der Waals surface area contributed by atoms with Crippen LogP contribution in [0, 0.1) is 16.7 Å². The zero-order valence-corrected chi connectivity index (χ0v) is 16.5. The van der Waals surface area contributed by atoms with Gasteiger partial charge in [-0.2, -0.15) is 0 Å². The highest BCUT2D eigenvalue weighted by molar-refractivity contribution is 8.04. The molecule has 3 atom stereocenters. The third kappa shape index (κ3) is 4.16. The topological polar surface area (TPSA) is 0 Å². The van der Waals surface area contributed by atoms with Crippen LogP contribution in [-0.4, -0.2) is 13.1 Å². The summed E-state index contributed by atoms with van der Waals surface area (Å²) in [4.78, 5) is 1.62. The molecule has 0 aromatic carbocycles. The highest BCUT2D eigenvalue weighted by Gasteiger charge is 2.38. The summed E-state index contributed by atoms with van der Waals surface area (Å²) < 4.78 is 0. The zero-order chi connectivity index (χ0) is 16.6. The van der Waals surface area contributed by atoms with Gasteiger partial charge >= 0.3 is 0 Å². The van der Waals surface area contributed by atoms with Gasteiger partial charge in [0.1, 0.15) is 0 Å². The van der Waals surface area contributed by atoms with Crippen LogP contribution in [0.2, 0.25) is 5.31 Å². The van der Waals surface area contributed by atoms with Crippen molar-refractivity contribution in [3.63, 3.8) is 0 Å². The molecule has 1 fully saturated rings. The van der Waals surface area contributed by atoms with Crippen LogP contribution >= 0.6 is 11.8 Å². The molecule has 1 heterocycles. The molecule has 2 aliphatic rings. The molecular formula is C20H35BS. The molecule has 0 spiro atoms. The molecule has 0 aromatic heterocycles. The standard InChI is InChI=1S/C20H35BS/c1-18(2,3)17-14-15-10-7-8-12-20(21,19(4,5)6)13-9-11-16(15)22-17/h14-16H,7-13H2,1-6H3. The highest BCUT2D eigenvalue weighted by atomic mass is 32.2. The second-order valence-corrected chi connectivity index (χ2v) is 10.9. The van der Waals surface area contributed by atoms with Gasteiger partial charge < -0.3 is 0 Å². The van der Waals surface area contributed by atoms with Gasteiger partial charge in [0.05, 0.1) is 7.85 Å². The van der Waals surface area contributed by atoms with Crippen LogP contribution in [0.5, 0.6) is 0 Å². The SMILES string of the molecule is [B]C1(C(C)(C)C)CCCCC2C=C(C(C)(C)C)SC2CCC1. The lowest BCUT2D eigenvalue weighted by molar-refractivity contribution is 0.216. The van der Waals surface area contributed by atoms with E-state index in [4.69, 9.17) is 7.85 Å². The van der Waals surface area contributed by atoms with Gasteiger partial charge in [0, 0.05) is 5.25 Å². The Bertz CT molecular complexity index is 412. The summed E-state index contributed by atoms with van der Waals surface area (Å²) >= 11 is 2.17. The third-order valence-electron chi connectivity index (χ3n) is 5.88. The average molecular weight is 318 g/mol. The van der Waals surface area contributed by atoms with Crippen molar-refractivity contribution in [3.05, 3.63) is 11.0 Å². The predicted molar refractivity (Wildman–Crippen MR) is 103 cm³/mol. The first-order valence-corrected chi connectivity index (χ1v) is 10.1. The summed E-state index contributed by atoms with van der Waals surface area (Å²) in [7, 11) is 6.84. The Morgan fingerprint density at radius 2 is 1.64 bits per heavy atom. The maximum absolute atomic E-state index is 6.84. The molecule has 0 N–H and O–H groups in total. The van der Waals surface area contributed by atoms with E-state index >= 15 is 0 Å². The van der Waals surface area contributed by atoms with Gasteiger partial charge in [0.2, 0.25) is 0 Å². The molecule has 0 nitrogen and oxygen atoms in total. The monoisotopic (exact) mass is 318 g/mol. The van der Waals surface area contributed by atoms with Crippen molar-refractivity contribution in [2.24, 2.45) is 16.7 Å². The summed E-state index contributed by atoms with van der Waals surface area (Å²) in [5.41, 5.74) is 0.532. The van der Waals surface area contributed by atoms with Crippen molar-refractivity contribution in [2.45, 2.75) is 97.1 Å². The summed E-state index contributed by atoms with van der Waals surface area (Å²) in [5.74, 6) is 0.805. The van der Waals surface area contributed by atoms with Gasteiger partial charge in [-0.1, -0.05) is 85.0 Å². The van der Waals surface area contributed by atoms with Gasteiger partial charge in [0.25, 0.3) is 0 Å². The molecule has 0 amide bonds. The predicted octanol–water partition coefficient (Wildman–Crippen LogP) is 6.77. The van der Waals surface area contributed by atoms with Crippen molar-refractivity contribution in [3.8, 4) is 0 Å². The zero-order valence-electron chi connectivity index (χ0n) is 15.7. The minimum Gasteiger partial charge on any atom is -0.126 e. The molecular weight excluding hydrogens is 283 g/mol. The normalized spacial score (nSPS) is 34.9. The molecule has 2 radical (unpaired) electrons. The lowest BCUT2D eigenvalue weighted by Crippen LogP contribution is -2.30. The van der Waals surface area contributed by atoms with Crippen LogP contribution in [0.3, 0.4) is 0 Å². The van der Waals surface area contributed by atoms with E-state index in [0.717, 1.165) is 11.2 Å². The van der Waals surface area contributed by atoms with E-state index in [1.165, 1.54) is 44.9 Å². The van der Waals surface area contributed by atoms with E-state index in [1.807, 2.05) is 0 Å². The molecule has 22 heavy (non-hydrogen) atoms.